The maximum atomic E-state index is 12.4. The number of carboxylic acids is 1. The SMILES string of the molecule is Cn1c(=O)c(CCC(=O)O)nc2ccc(-c3ccc(OC(F)(F)F)cc3)cc21. The highest BCUT2D eigenvalue weighted by molar-refractivity contribution is 5.82. The van der Waals surface area contributed by atoms with Crippen LogP contribution in [0.5, 0.6) is 5.75 Å². The molecular formula is C19H15F3N2O4. The Morgan fingerprint density at radius 1 is 1.14 bits per heavy atom. The molecule has 0 unspecified atom stereocenters. The predicted octanol–water partition coefficient (Wildman–Crippen LogP) is 3.52. The summed E-state index contributed by atoms with van der Waals surface area (Å²) in [4.78, 5) is 27.4. The van der Waals surface area contributed by atoms with E-state index in [1.165, 1.54) is 28.8 Å². The lowest BCUT2D eigenvalue weighted by atomic mass is 10.0. The third-order valence-corrected chi connectivity index (χ3v) is 4.14. The first-order valence-electron chi connectivity index (χ1n) is 8.22. The van der Waals surface area contributed by atoms with Crippen LogP contribution in [0.1, 0.15) is 12.1 Å². The van der Waals surface area contributed by atoms with Crippen LogP contribution in [0.3, 0.4) is 0 Å². The zero-order valence-corrected chi connectivity index (χ0v) is 14.7. The molecule has 0 bridgehead atoms. The lowest BCUT2D eigenvalue weighted by Gasteiger charge is -2.11. The number of nitrogens with zero attached hydrogens (tertiary/aromatic N) is 2. The van der Waals surface area contributed by atoms with Crippen molar-refractivity contribution in [3.8, 4) is 16.9 Å². The van der Waals surface area contributed by atoms with Crippen LogP contribution in [0.4, 0.5) is 13.2 Å². The number of hydrogen-bond donors (Lipinski definition) is 1. The van der Waals surface area contributed by atoms with Gasteiger partial charge >= 0.3 is 12.3 Å². The number of alkyl halides is 3. The molecule has 0 radical (unpaired) electrons. The molecule has 0 spiro atoms. The highest BCUT2D eigenvalue weighted by Crippen LogP contribution is 2.28. The minimum atomic E-state index is -4.76. The highest BCUT2D eigenvalue weighted by Gasteiger charge is 2.30. The summed E-state index contributed by atoms with van der Waals surface area (Å²) >= 11 is 0. The molecule has 3 aromatic rings. The van der Waals surface area contributed by atoms with Crippen LogP contribution in [-0.2, 0) is 18.3 Å². The first-order chi connectivity index (χ1) is 13.1. The third kappa shape index (κ3) is 4.30. The van der Waals surface area contributed by atoms with Crippen LogP contribution >= 0.6 is 0 Å². The summed E-state index contributed by atoms with van der Waals surface area (Å²) in [5.74, 6) is -1.34. The molecule has 0 fully saturated rings. The van der Waals surface area contributed by atoms with Gasteiger partial charge in [0.25, 0.3) is 5.56 Å². The molecule has 3 rings (SSSR count). The Kier molecular flexibility index (Phi) is 5.08. The van der Waals surface area contributed by atoms with E-state index in [1.54, 1.807) is 25.2 Å². The number of hydrogen-bond acceptors (Lipinski definition) is 4. The standard InChI is InChI=1S/C19H15F3N2O4/c1-24-16-10-12(11-2-5-13(6-3-11)28-19(20,21)22)4-7-14(16)23-15(18(24)27)8-9-17(25)26/h2-7,10H,8-9H2,1H3,(H,25,26). The monoisotopic (exact) mass is 392 g/mol. The van der Waals surface area contributed by atoms with Gasteiger partial charge in [-0.2, -0.15) is 0 Å². The molecule has 0 atom stereocenters. The quantitative estimate of drug-likeness (QED) is 0.719. The molecule has 1 N–H and O–H groups in total. The summed E-state index contributed by atoms with van der Waals surface area (Å²) in [5.41, 5.74) is 2.14. The van der Waals surface area contributed by atoms with Crippen molar-refractivity contribution in [2.45, 2.75) is 19.2 Å². The average Bonchev–Trinajstić information content (AvgIpc) is 2.62. The van der Waals surface area contributed by atoms with E-state index in [4.69, 9.17) is 5.11 Å². The Labute approximate surface area is 156 Å². The fourth-order valence-corrected chi connectivity index (χ4v) is 2.80. The number of aryl methyl sites for hydroxylation is 2. The molecule has 0 saturated carbocycles. The van der Waals surface area contributed by atoms with Crippen molar-refractivity contribution in [2.75, 3.05) is 0 Å². The minimum absolute atomic E-state index is 0.0281. The summed E-state index contributed by atoms with van der Waals surface area (Å²) in [5, 5.41) is 8.78. The molecule has 0 aliphatic heterocycles. The largest absolute Gasteiger partial charge is 0.573 e. The summed E-state index contributed by atoms with van der Waals surface area (Å²) in [6.07, 6.45) is -4.93. The Bertz CT molecular complexity index is 1090. The number of fused-ring (bicyclic) bond motifs is 1. The number of rotatable bonds is 5. The van der Waals surface area contributed by atoms with Crippen molar-refractivity contribution in [3.05, 3.63) is 58.5 Å². The minimum Gasteiger partial charge on any atom is -0.481 e. The van der Waals surface area contributed by atoms with Gasteiger partial charge in [-0.3, -0.25) is 9.59 Å². The molecule has 0 aliphatic rings. The van der Waals surface area contributed by atoms with Gasteiger partial charge in [0, 0.05) is 13.5 Å². The van der Waals surface area contributed by atoms with Gasteiger partial charge in [0.05, 0.1) is 17.5 Å². The normalized spacial score (nSPS) is 11.6. The van der Waals surface area contributed by atoms with Crippen LogP contribution in [0.25, 0.3) is 22.2 Å². The first-order valence-corrected chi connectivity index (χ1v) is 8.22. The van der Waals surface area contributed by atoms with E-state index in [9.17, 15) is 22.8 Å². The summed E-state index contributed by atoms with van der Waals surface area (Å²) in [6, 6.07) is 10.5. The molecule has 9 heteroatoms. The van der Waals surface area contributed by atoms with E-state index in [2.05, 4.69) is 9.72 Å². The van der Waals surface area contributed by atoms with E-state index in [-0.39, 0.29) is 29.8 Å². The third-order valence-electron chi connectivity index (χ3n) is 4.14. The zero-order valence-electron chi connectivity index (χ0n) is 14.7. The van der Waals surface area contributed by atoms with Crippen molar-refractivity contribution in [1.82, 2.24) is 9.55 Å². The molecule has 0 aliphatic carbocycles. The fourth-order valence-electron chi connectivity index (χ4n) is 2.80. The molecule has 1 heterocycles. The van der Waals surface area contributed by atoms with E-state index in [0.29, 0.717) is 22.2 Å². The van der Waals surface area contributed by atoms with E-state index in [1.807, 2.05) is 0 Å². The van der Waals surface area contributed by atoms with Crippen molar-refractivity contribution < 1.29 is 27.8 Å². The van der Waals surface area contributed by atoms with Gasteiger partial charge < -0.3 is 14.4 Å². The summed E-state index contributed by atoms with van der Waals surface area (Å²) < 4.78 is 42.0. The van der Waals surface area contributed by atoms with E-state index >= 15 is 0 Å². The lowest BCUT2D eigenvalue weighted by Crippen LogP contribution is -2.24. The Hall–Kier alpha value is -3.36. The second kappa shape index (κ2) is 7.34. The molecule has 1 aromatic heterocycles. The number of aliphatic carboxylic acids is 1. The molecular weight excluding hydrogens is 377 g/mol. The topological polar surface area (TPSA) is 81.4 Å². The van der Waals surface area contributed by atoms with Gasteiger partial charge in [-0.15, -0.1) is 13.2 Å². The second-order valence-corrected chi connectivity index (χ2v) is 6.09. The van der Waals surface area contributed by atoms with Gasteiger partial charge in [-0.25, -0.2) is 4.98 Å². The second-order valence-electron chi connectivity index (χ2n) is 6.09. The van der Waals surface area contributed by atoms with Gasteiger partial charge in [-0.1, -0.05) is 18.2 Å². The number of ether oxygens (including phenoxy) is 1. The van der Waals surface area contributed by atoms with Gasteiger partial charge in [0.15, 0.2) is 0 Å². The van der Waals surface area contributed by atoms with E-state index < -0.39 is 12.3 Å². The average molecular weight is 392 g/mol. The molecule has 6 nitrogen and oxygen atoms in total. The van der Waals surface area contributed by atoms with Gasteiger partial charge in [0.1, 0.15) is 11.4 Å². The summed E-state index contributed by atoms with van der Waals surface area (Å²) in [6.45, 7) is 0. The lowest BCUT2D eigenvalue weighted by molar-refractivity contribution is -0.274. The fraction of sp³-hybridized carbons (Fsp3) is 0.211. The van der Waals surface area contributed by atoms with Crippen LogP contribution < -0.4 is 10.3 Å². The Morgan fingerprint density at radius 2 is 1.79 bits per heavy atom. The van der Waals surface area contributed by atoms with E-state index in [0.717, 1.165) is 0 Å². The van der Waals surface area contributed by atoms with Crippen molar-refractivity contribution in [1.29, 1.82) is 0 Å². The Morgan fingerprint density at radius 3 is 2.39 bits per heavy atom. The molecule has 28 heavy (non-hydrogen) atoms. The van der Waals surface area contributed by atoms with Crippen LogP contribution in [0.2, 0.25) is 0 Å². The number of carboxylic acid groups (broad SMARTS) is 1. The van der Waals surface area contributed by atoms with Crippen molar-refractivity contribution in [2.24, 2.45) is 7.05 Å². The summed E-state index contributed by atoms with van der Waals surface area (Å²) in [7, 11) is 1.56. The first kappa shape index (κ1) is 19.4. The van der Waals surface area contributed by atoms with Gasteiger partial charge in [-0.05, 0) is 35.4 Å². The molecule has 146 valence electrons. The number of benzene rings is 2. The van der Waals surface area contributed by atoms with Gasteiger partial charge in [0.2, 0.25) is 0 Å². The Balaban J connectivity index is 1.96. The zero-order chi connectivity index (χ0) is 20.5. The molecule has 0 saturated heterocycles. The van der Waals surface area contributed by atoms with Crippen molar-refractivity contribution >= 4 is 17.0 Å². The van der Waals surface area contributed by atoms with Crippen LogP contribution in [0, 0.1) is 0 Å². The molecule has 2 aromatic carbocycles. The molecule has 0 amide bonds. The predicted molar refractivity (Wildman–Crippen MR) is 95.1 cm³/mol. The maximum absolute atomic E-state index is 12.4. The van der Waals surface area contributed by atoms with Crippen LogP contribution in [-0.4, -0.2) is 27.0 Å². The smallest absolute Gasteiger partial charge is 0.481 e. The highest BCUT2D eigenvalue weighted by atomic mass is 19.4. The number of halogens is 3. The number of aromatic nitrogens is 2. The number of carbonyl (C=O) groups is 1. The van der Waals surface area contributed by atoms with Crippen LogP contribution in [0.15, 0.2) is 47.3 Å². The maximum Gasteiger partial charge on any atom is 0.573 e. The van der Waals surface area contributed by atoms with Crippen molar-refractivity contribution in [3.63, 3.8) is 0 Å².